The zero-order chi connectivity index (χ0) is 18.7. The molecule has 0 saturated heterocycles. The molecule has 0 atom stereocenters. The molecule has 1 aromatic carbocycles. The van der Waals surface area contributed by atoms with Gasteiger partial charge in [0.15, 0.2) is 0 Å². The van der Waals surface area contributed by atoms with Crippen LogP contribution in [0.1, 0.15) is 74.3 Å². The van der Waals surface area contributed by atoms with Gasteiger partial charge in [0.2, 0.25) is 0 Å². The van der Waals surface area contributed by atoms with Crippen LogP contribution >= 0.6 is 11.6 Å². The van der Waals surface area contributed by atoms with E-state index >= 15 is 0 Å². The number of aryl methyl sites for hydroxylation is 1. The lowest BCUT2D eigenvalue weighted by atomic mass is 10.2. The molecule has 0 aromatic heterocycles. The molecule has 0 N–H and O–H groups in total. The summed E-state index contributed by atoms with van der Waals surface area (Å²) in [5.41, 5.74) is 0.974. The lowest BCUT2D eigenvalue weighted by molar-refractivity contribution is -0.114. The van der Waals surface area contributed by atoms with Gasteiger partial charge in [-0.3, -0.25) is 0 Å². The maximum absolute atomic E-state index is 12.4. The first-order valence-corrected chi connectivity index (χ1v) is 8.47. The molecule has 0 aliphatic heterocycles. The SMILES string of the molecule is CC.CC.CC(C)=O.CCC(C)C.Cc1ccc(F)c(Cl)c1. The lowest BCUT2D eigenvalue weighted by Gasteiger charge is -1.93. The van der Waals surface area contributed by atoms with Crippen molar-refractivity contribution < 1.29 is 9.18 Å². The van der Waals surface area contributed by atoms with E-state index in [2.05, 4.69) is 20.8 Å². The first-order valence-electron chi connectivity index (χ1n) is 8.09. The van der Waals surface area contributed by atoms with Crippen molar-refractivity contribution in [1.29, 1.82) is 0 Å². The summed E-state index contributed by atoms with van der Waals surface area (Å²) in [5, 5.41) is 0.190. The highest BCUT2D eigenvalue weighted by Gasteiger charge is 1.95. The molecule has 0 spiro atoms. The Hall–Kier alpha value is -0.890. The van der Waals surface area contributed by atoms with Gasteiger partial charge in [0, 0.05) is 0 Å². The molecule has 0 saturated carbocycles. The van der Waals surface area contributed by atoms with Crippen LogP contribution in [-0.4, -0.2) is 5.78 Å². The number of Topliss-reactive ketones (excluding diaryl/α,β-unsaturated/α-hetero) is 1. The number of rotatable bonds is 1. The van der Waals surface area contributed by atoms with Gasteiger partial charge >= 0.3 is 0 Å². The number of carbonyl (C=O) groups is 1. The van der Waals surface area contributed by atoms with Gasteiger partial charge in [-0.15, -0.1) is 0 Å². The van der Waals surface area contributed by atoms with Crippen LogP contribution in [0.15, 0.2) is 18.2 Å². The minimum atomic E-state index is -0.359. The smallest absolute Gasteiger partial charge is 0.141 e. The van der Waals surface area contributed by atoms with E-state index in [0.29, 0.717) is 0 Å². The van der Waals surface area contributed by atoms with E-state index in [9.17, 15) is 9.18 Å². The molecule has 0 bridgehead atoms. The van der Waals surface area contributed by atoms with Crippen molar-refractivity contribution in [1.82, 2.24) is 0 Å². The van der Waals surface area contributed by atoms with Gasteiger partial charge in [-0.25, -0.2) is 4.39 Å². The van der Waals surface area contributed by atoms with Crippen molar-refractivity contribution in [3.8, 4) is 0 Å². The van der Waals surface area contributed by atoms with Gasteiger partial charge < -0.3 is 4.79 Å². The molecule has 0 aliphatic carbocycles. The molecule has 1 aromatic rings. The Labute approximate surface area is 143 Å². The fraction of sp³-hybridized carbons (Fsp3) is 0.632. The molecule has 1 nitrogen and oxygen atoms in total. The number of carbonyl (C=O) groups excluding carboxylic acids is 1. The summed E-state index contributed by atoms with van der Waals surface area (Å²) in [6, 6.07) is 4.63. The van der Waals surface area contributed by atoms with Crippen LogP contribution in [0, 0.1) is 18.7 Å². The number of hydrogen-bond donors (Lipinski definition) is 0. The van der Waals surface area contributed by atoms with Crippen LogP contribution in [0.2, 0.25) is 5.02 Å². The van der Waals surface area contributed by atoms with E-state index < -0.39 is 0 Å². The second-order valence-corrected chi connectivity index (χ2v) is 5.04. The molecule has 0 fully saturated rings. The van der Waals surface area contributed by atoms with Crippen LogP contribution in [0.25, 0.3) is 0 Å². The first-order chi connectivity index (χ1) is 10.2. The number of ketones is 1. The van der Waals surface area contributed by atoms with E-state index in [0.717, 1.165) is 11.5 Å². The van der Waals surface area contributed by atoms with Crippen molar-refractivity contribution in [2.24, 2.45) is 5.92 Å². The Balaban J connectivity index is -0.000000107. The van der Waals surface area contributed by atoms with Crippen molar-refractivity contribution in [3.05, 3.63) is 34.6 Å². The van der Waals surface area contributed by atoms with Crippen molar-refractivity contribution >= 4 is 17.4 Å². The summed E-state index contributed by atoms with van der Waals surface area (Å²) < 4.78 is 12.4. The van der Waals surface area contributed by atoms with E-state index in [1.165, 1.54) is 26.3 Å². The predicted octanol–water partition coefficient (Wildman–Crippen LogP) is 7.49. The molecule has 22 heavy (non-hydrogen) atoms. The molecule has 1 rings (SSSR count). The summed E-state index contributed by atoms with van der Waals surface area (Å²) >= 11 is 5.44. The Morgan fingerprint density at radius 1 is 1.14 bits per heavy atom. The molecule has 0 unspecified atom stereocenters. The van der Waals surface area contributed by atoms with Gasteiger partial charge in [0.25, 0.3) is 0 Å². The van der Waals surface area contributed by atoms with E-state index in [4.69, 9.17) is 11.6 Å². The molecular formula is C19H36ClFO. The quantitative estimate of drug-likeness (QED) is 0.520. The molecule has 0 heterocycles. The summed E-state index contributed by atoms with van der Waals surface area (Å²) in [4.78, 5) is 9.44. The zero-order valence-corrected chi connectivity index (χ0v) is 16.9. The van der Waals surface area contributed by atoms with Crippen LogP contribution in [0.5, 0.6) is 0 Å². The molecule has 0 amide bonds. The van der Waals surface area contributed by atoms with Gasteiger partial charge in [-0.05, 0) is 44.4 Å². The van der Waals surface area contributed by atoms with Crippen LogP contribution in [-0.2, 0) is 4.79 Å². The number of halogens is 2. The summed E-state index contributed by atoms with van der Waals surface area (Å²) in [5.74, 6) is 0.692. The maximum Gasteiger partial charge on any atom is 0.141 e. The Morgan fingerprint density at radius 3 is 1.64 bits per heavy atom. The average Bonchev–Trinajstić information content (AvgIpc) is 2.47. The maximum atomic E-state index is 12.4. The summed E-state index contributed by atoms with van der Waals surface area (Å²) in [6.07, 6.45) is 1.31. The lowest BCUT2D eigenvalue weighted by Crippen LogP contribution is -1.77. The third-order valence-corrected chi connectivity index (χ3v) is 2.18. The van der Waals surface area contributed by atoms with Crippen molar-refractivity contribution in [3.63, 3.8) is 0 Å². The zero-order valence-electron chi connectivity index (χ0n) is 16.2. The van der Waals surface area contributed by atoms with Crippen molar-refractivity contribution in [2.75, 3.05) is 0 Å². The predicted molar refractivity (Wildman–Crippen MR) is 100 cm³/mol. The third kappa shape index (κ3) is 31.5. The van der Waals surface area contributed by atoms with Gasteiger partial charge in [0.1, 0.15) is 11.6 Å². The summed E-state index contributed by atoms with van der Waals surface area (Å²) in [6.45, 7) is 19.6. The third-order valence-electron chi connectivity index (χ3n) is 1.89. The normalized spacial score (nSPS) is 7.86. The van der Waals surface area contributed by atoms with Gasteiger partial charge in [-0.1, -0.05) is 72.6 Å². The van der Waals surface area contributed by atoms with Gasteiger partial charge in [-0.2, -0.15) is 0 Å². The minimum absolute atomic E-state index is 0.167. The highest BCUT2D eigenvalue weighted by molar-refractivity contribution is 6.30. The number of hydrogen-bond acceptors (Lipinski definition) is 1. The molecule has 0 radical (unpaired) electrons. The largest absolute Gasteiger partial charge is 0.300 e. The molecule has 132 valence electrons. The molecular weight excluding hydrogens is 299 g/mol. The monoisotopic (exact) mass is 334 g/mol. The average molecular weight is 335 g/mol. The topological polar surface area (TPSA) is 17.1 Å². The molecule has 3 heteroatoms. The standard InChI is InChI=1S/C7H6ClF.C5H12.C3H6O.2C2H6/c1-5-2-3-7(9)6(8)4-5;1-4-5(2)3;1-3(2)4;2*1-2/h2-4H,1H3;5H,4H2,1-3H3;1-2H3;2*1-2H3. The van der Waals surface area contributed by atoms with Crippen molar-refractivity contribution in [2.45, 2.75) is 75.7 Å². The highest BCUT2D eigenvalue weighted by atomic mass is 35.5. The van der Waals surface area contributed by atoms with Crippen LogP contribution < -0.4 is 0 Å². The highest BCUT2D eigenvalue weighted by Crippen LogP contribution is 2.14. The molecule has 0 aliphatic rings. The fourth-order valence-electron chi connectivity index (χ4n) is 0.601. The van der Waals surface area contributed by atoms with Crippen LogP contribution in [0.3, 0.4) is 0 Å². The minimum Gasteiger partial charge on any atom is -0.300 e. The first kappa shape index (κ1) is 29.2. The second kappa shape index (κ2) is 22.4. The number of benzene rings is 1. The van der Waals surface area contributed by atoms with Crippen LogP contribution in [0.4, 0.5) is 4.39 Å². The Morgan fingerprint density at radius 2 is 1.45 bits per heavy atom. The summed E-state index contributed by atoms with van der Waals surface area (Å²) in [7, 11) is 0. The Bertz CT molecular complexity index is 345. The van der Waals surface area contributed by atoms with E-state index in [-0.39, 0.29) is 16.6 Å². The Kier molecular flexibility index (Phi) is 29.7. The van der Waals surface area contributed by atoms with E-state index in [1.54, 1.807) is 12.1 Å². The fourth-order valence-corrected chi connectivity index (χ4v) is 0.836. The second-order valence-electron chi connectivity index (χ2n) is 4.63. The van der Waals surface area contributed by atoms with Gasteiger partial charge in [0.05, 0.1) is 5.02 Å². The van der Waals surface area contributed by atoms with E-state index in [1.807, 2.05) is 34.6 Å².